The van der Waals surface area contributed by atoms with Gasteiger partial charge in [0.2, 0.25) is 5.91 Å². The molecule has 0 radical (unpaired) electrons. The van der Waals surface area contributed by atoms with Gasteiger partial charge in [-0.05, 0) is 12.5 Å². The number of allylic oxidation sites excluding steroid dienone is 2. The number of rotatable bonds is 4. The quantitative estimate of drug-likeness (QED) is 0.373. The molecule has 0 saturated heterocycles. The highest BCUT2D eigenvalue weighted by Gasteiger charge is 2.28. The third-order valence-corrected chi connectivity index (χ3v) is 3.38. The largest absolute Gasteiger partial charge is 0.294 e. The van der Waals surface area contributed by atoms with Crippen LogP contribution < -0.4 is 11.3 Å². The van der Waals surface area contributed by atoms with Crippen molar-refractivity contribution < 1.29 is 14.4 Å². The van der Waals surface area contributed by atoms with E-state index in [1.54, 1.807) is 24.3 Å². The Morgan fingerprint density at radius 2 is 1.95 bits per heavy atom. The van der Waals surface area contributed by atoms with Crippen molar-refractivity contribution in [3.05, 3.63) is 47.0 Å². The fourth-order valence-electron chi connectivity index (χ4n) is 2.31. The molecule has 5 heteroatoms. The number of nitrogens with two attached hydrogens (primary N) is 1. The summed E-state index contributed by atoms with van der Waals surface area (Å²) >= 11 is 0. The molecule has 1 atom stereocenters. The molecule has 1 aromatic carbocycles. The van der Waals surface area contributed by atoms with Crippen molar-refractivity contribution in [3.63, 3.8) is 0 Å². The first-order valence-corrected chi connectivity index (χ1v) is 6.41. The zero-order chi connectivity index (χ0) is 15.4. The average Bonchev–Trinajstić information content (AvgIpc) is 2.51. The van der Waals surface area contributed by atoms with Gasteiger partial charge in [0, 0.05) is 23.1 Å². The molecule has 1 aromatic rings. The van der Waals surface area contributed by atoms with Crippen molar-refractivity contribution in [1.29, 1.82) is 0 Å². The van der Waals surface area contributed by atoms with Gasteiger partial charge in [0.05, 0.1) is 5.92 Å². The highest BCUT2D eigenvalue weighted by atomic mass is 16.2. The maximum absolute atomic E-state index is 12.4. The third kappa shape index (κ3) is 2.91. The number of carbonyl (C=O) groups excluding carboxylic acids is 3. The summed E-state index contributed by atoms with van der Waals surface area (Å²) in [5, 5.41) is 0. The van der Waals surface area contributed by atoms with Crippen LogP contribution in [-0.2, 0) is 4.79 Å². The minimum atomic E-state index is -0.631. The first kappa shape index (κ1) is 14.7. The summed E-state index contributed by atoms with van der Waals surface area (Å²) in [5.74, 6) is 5.91. The fraction of sp³-hybridized carbons (Fsp3) is 0.188. The van der Waals surface area contributed by atoms with Gasteiger partial charge in [0.15, 0.2) is 11.6 Å². The van der Waals surface area contributed by atoms with E-state index >= 15 is 0 Å². The summed E-state index contributed by atoms with van der Waals surface area (Å²) in [6.45, 7) is 0. The Hall–Kier alpha value is -2.71. The molecule has 0 fully saturated rings. The lowest BCUT2D eigenvalue weighted by Gasteiger charge is -2.18. The molecule has 0 saturated carbocycles. The van der Waals surface area contributed by atoms with Crippen LogP contribution in [0.15, 0.2) is 35.9 Å². The topological polar surface area (TPSA) is 89.3 Å². The lowest BCUT2D eigenvalue weighted by molar-refractivity contribution is -0.124. The smallest absolute Gasteiger partial charge is 0.238 e. The van der Waals surface area contributed by atoms with Gasteiger partial charge in [-0.1, -0.05) is 24.3 Å². The Bertz CT molecular complexity index is 683. The highest BCUT2D eigenvalue weighted by Crippen LogP contribution is 2.26. The number of fused-ring (bicyclic) bond motifs is 1. The van der Waals surface area contributed by atoms with Crippen LogP contribution in [0.25, 0.3) is 0 Å². The van der Waals surface area contributed by atoms with Crippen LogP contribution in [0.5, 0.6) is 0 Å². The SMILES string of the molecule is C#CCC(CC1=CC(=O)c2ccccc2C1=O)C(=O)NN. The van der Waals surface area contributed by atoms with Crippen molar-refractivity contribution in [2.24, 2.45) is 11.8 Å². The number of hydrogen-bond acceptors (Lipinski definition) is 4. The number of terminal acetylenes is 1. The minimum absolute atomic E-state index is 0.0894. The average molecular weight is 282 g/mol. The monoisotopic (exact) mass is 282 g/mol. The molecule has 0 heterocycles. The van der Waals surface area contributed by atoms with Crippen molar-refractivity contribution in [2.45, 2.75) is 12.8 Å². The predicted octanol–water partition coefficient (Wildman–Crippen LogP) is 1.01. The standard InChI is InChI=1S/C16H14N2O3/c1-2-5-10(16(21)18-17)8-11-9-14(19)12-6-3-4-7-13(12)15(11)20/h1,3-4,6-7,9-10H,5,8,17H2,(H,18,21). The summed E-state index contributed by atoms with van der Waals surface area (Å²) in [4.78, 5) is 36.1. The highest BCUT2D eigenvalue weighted by molar-refractivity contribution is 6.24. The van der Waals surface area contributed by atoms with Gasteiger partial charge in [-0.15, -0.1) is 12.3 Å². The van der Waals surface area contributed by atoms with E-state index < -0.39 is 11.8 Å². The predicted molar refractivity (Wildman–Crippen MR) is 77.1 cm³/mol. The van der Waals surface area contributed by atoms with Gasteiger partial charge in [0.1, 0.15) is 0 Å². The first-order valence-electron chi connectivity index (χ1n) is 6.41. The van der Waals surface area contributed by atoms with Crippen molar-refractivity contribution >= 4 is 17.5 Å². The number of hydrogen-bond donors (Lipinski definition) is 2. The van der Waals surface area contributed by atoms with E-state index in [1.807, 2.05) is 5.43 Å². The number of nitrogens with one attached hydrogen (secondary N) is 1. The molecule has 0 aliphatic heterocycles. The Labute approximate surface area is 122 Å². The second-order valence-corrected chi connectivity index (χ2v) is 4.73. The van der Waals surface area contributed by atoms with E-state index in [4.69, 9.17) is 12.3 Å². The number of carbonyl (C=O) groups is 3. The summed E-state index contributed by atoms with van der Waals surface area (Å²) in [6, 6.07) is 6.60. The van der Waals surface area contributed by atoms with E-state index in [0.717, 1.165) is 0 Å². The van der Waals surface area contributed by atoms with E-state index in [0.29, 0.717) is 11.1 Å². The minimum Gasteiger partial charge on any atom is -0.294 e. The Morgan fingerprint density at radius 3 is 2.57 bits per heavy atom. The van der Waals surface area contributed by atoms with Crippen LogP contribution in [0.1, 0.15) is 33.6 Å². The van der Waals surface area contributed by atoms with Crippen LogP contribution in [0.2, 0.25) is 0 Å². The summed E-state index contributed by atoms with van der Waals surface area (Å²) in [7, 11) is 0. The molecule has 2 rings (SSSR count). The second-order valence-electron chi connectivity index (χ2n) is 4.73. The van der Waals surface area contributed by atoms with Crippen LogP contribution in [0.3, 0.4) is 0 Å². The molecule has 0 aromatic heterocycles. The number of Topliss-reactive ketones (excluding diaryl/α,β-unsaturated/α-hetero) is 1. The molecule has 1 unspecified atom stereocenters. The molecule has 1 aliphatic rings. The van der Waals surface area contributed by atoms with Gasteiger partial charge in [-0.2, -0.15) is 0 Å². The maximum atomic E-state index is 12.4. The van der Waals surface area contributed by atoms with E-state index in [-0.39, 0.29) is 30.0 Å². The van der Waals surface area contributed by atoms with Crippen LogP contribution in [0, 0.1) is 18.3 Å². The molecular weight excluding hydrogens is 268 g/mol. The summed E-state index contributed by atoms with van der Waals surface area (Å²) < 4.78 is 0. The zero-order valence-electron chi connectivity index (χ0n) is 11.3. The van der Waals surface area contributed by atoms with Gasteiger partial charge in [-0.25, -0.2) is 5.84 Å². The van der Waals surface area contributed by atoms with Gasteiger partial charge in [0.25, 0.3) is 0 Å². The van der Waals surface area contributed by atoms with E-state index in [1.165, 1.54) is 6.08 Å². The normalized spacial score (nSPS) is 14.8. The maximum Gasteiger partial charge on any atom is 0.238 e. The van der Waals surface area contributed by atoms with Crippen molar-refractivity contribution in [1.82, 2.24) is 5.43 Å². The molecule has 5 nitrogen and oxygen atoms in total. The lowest BCUT2D eigenvalue weighted by Crippen LogP contribution is -2.36. The Kier molecular flexibility index (Phi) is 4.31. The third-order valence-electron chi connectivity index (χ3n) is 3.38. The molecule has 1 aliphatic carbocycles. The summed E-state index contributed by atoms with van der Waals surface area (Å²) in [6.07, 6.45) is 6.73. The molecular formula is C16H14N2O3. The van der Waals surface area contributed by atoms with Crippen molar-refractivity contribution in [2.75, 3.05) is 0 Å². The van der Waals surface area contributed by atoms with Gasteiger partial charge >= 0.3 is 0 Å². The number of amides is 1. The fourth-order valence-corrected chi connectivity index (χ4v) is 2.31. The Balaban J connectivity index is 2.30. The lowest BCUT2D eigenvalue weighted by atomic mass is 9.84. The van der Waals surface area contributed by atoms with Crippen molar-refractivity contribution in [3.8, 4) is 12.3 Å². The molecule has 106 valence electrons. The Morgan fingerprint density at radius 1 is 1.29 bits per heavy atom. The van der Waals surface area contributed by atoms with Crippen LogP contribution in [0.4, 0.5) is 0 Å². The number of benzene rings is 1. The molecule has 21 heavy (non-hydrogen) atoms. The summed E-state index contributed by atoms with van der Waals surface area (Å²) in [5.41, 5.74) is 3.04. The van der Waals surface area contributed by atoms with Gasteiger partial charge < -0.3 is 0 Å². The van der Waals surface area contributed by atoms with E-state index in [9.17, 15) is 14.4 Å². The molecule has 1 amide bonds. The van der Waals surface area contributed by atoms with Crippen LogP contribution >= 0.6 is 0 Å². The number of ketones is 2. The molecule has 3 N–H and O–H groups in total. The second kappa shape index (κ2) is 6.16. The molecule has 0 bridgehead atoms. The van der Waals surface area contributed by atoms with Gasteiger partial charge in [-0.3, -0.25) is 19.8 Å². The first-order chi connectivity index (χ1) is 10.1. The van der Waals surface area contributed by atoms with Crippen LogP contribution in [-0.4, -0.2) is 17.5 Å². The molecule has 0 spiro atoms. The number of hydrazine groups is 1. The zero-order valence-corrected chi connectivity index (χ0v) is 11.3. The van der Waals surface area contributed by atoms with E-state index in [2.05, 4.69) is 5.92 Å².